The summed E-state index contributed by atoms with van der Waals surface area (Å²) >= 11 is 5.10. The molecule has 1 aromatic heterocycles. The zero-order chi connectivity index (χ0) is 14.4. The van der Waals surface area contributed by atoms with Crippen molar-refractivity contribution >= 4 is 27.3 Å². The summed E-state index contributed by atoms with van der Waals surface area (Å²) in [4.78, 5) is 1.27. The number of halogens is 1. The summed E-state index contributed by atoms with van der Waals surface area (Å²) in [6, 6.07) is 12.0. The highest BCUT2D eigenvalue weighted by molar-refractivity contribution is 9.10. The first-order valence-corrected chi connectivity index (χ1v) is 8.15. The van der Waals surface area contributed by atoms with Crippen molar-refractivity contribution in [2.45, 2.75) is 19.1 Å². The molecular weight excluding hydrogens is 338 g/mol. The predicted molar refractivity (Wildman–Crippen MR) is 86.4 cm³/mol. The Hall–Kier alpha value is -0.880. The van der Waals surface area contributed by atoms with Crippen molar-refractivity contribution in [3.05, 3.63) is 51.1 Å². The molecule has 0 spiro atoms. The first-order valence-electron chi connectivity index (χ1n) is 6.48. The lowest BCUT2D eigenvalue weighted by Gasteiger charge is -2.16. The standard InChI is InChI=1S/C15H18BrNO2S/c1-11(15-6-3-7-20-15)17-9-13(18)10-19-14-5-2-4-12(16)8-14/h2-8,11,13,17-18H,9-10H2,1H3. The molecule has 0 aliphatic carbocycles. The van der Waals surface area contributed by atoms with Crippen LogP contribution in [0.25, 0.3) is 0 Å². The van der Waals surface area contributed by atoms with Gasteiger partial charge in [-0.15, -0.1) is 11.3 Å². The van der Waals surface area contributed by atoms with E-state index in [-0.39, 0.29) is 12.6 Å². The Morgan fingerprint density at radius 2 is 2.20 bits per heavy atom. The van der Waals surface area contributed by atoms with E-state index in [2.05, 4.69) is 39.6 Å². The van der Waals surface area contributed by atoms with Crippen LogP contribution in [0.3, 0.4) is 0 Å². The third-order valence-corrected chi connectivity index (χ3v) is 4.42. The van der Waals surface area contributed by atoms with Crippen LogP contribution < -0.4 is 10.1 Å². The fourth-order valence-electron chi connectivity index (χ4n) is 1.76. The summed E-state index contributed by atoms with van der Waals surface area (Å²) in [5.74, 6) is 0.754. The highest BCUT2D eigenvalue weighted by Crippen LogP contribution is 2.19. The minimum absolute atomic E-state index is 0.246. The van der Waals surface area contributed by atoms with Gasteiger partial charge in [0.15, 0.2) is 0 Å². The van der Waals surface area contributed by atoms with Crippen molar-refractivity contribution in [2.24, 2.45) is 0 Å². The Bertz CT molecular complexity index is 518. The summed E-state index contributed by atoms with van der Waals surface area (Å²) < 4.78 is 6.52. The molecule has 1 heterocycles. The minimum Gasteiger partial charge on any atom is -0.491 e. The van der Waals surface area contributed by atoms with Crippen molar-refractivity contribution in [3.8, 4) is 5.75 Å². The summed E-state index contributed by atoms with van der Waals surface area (Å²) in [5, 5.41) is 15.3. The SMILES string of the molecule is CC(NCC(O)COc1cccc(Br)c1)c1cccs1. The van der Waals surface area contributed by atoms with E-state index >= 15 is 0 Å². The molecule has 0 radical (unpaired) electrons. The van der Waals surface area contributed by atoms with Gasteiger partial charge in [-0.1, -0.05) is 28.1 Å². The Morgan fingerprint density at radius 3 is 2.90 bits per heavy atom. The van der Waals surface area contributed by atoms with Gasteiger partial charge in [0, 0.05) is 21.9 Å². The number of nitrogens with one attached hydrogen (secondary N) is 1. The second kappa shape index (κ2) is 7.78. The van der Waals surface area contributed by atoms with Crippen LogP contribution in [0, 0.1) is 0 Å². The van der Waals surface area contributed by atoms with Crippen LogP contribution >= 0.6 is 27.3 Å². The van der Waals surface area contributed by atoms with Gasteiger partial charge in [-0.3, -0.25) is 0 Å². The largest absolute Gasteiger partial charge is 0.491 e. The minimum atomic E-state index is -0.531. The van der Waals surface area contributed by atoms with Gasteiger partial charge in [-0.2, -0.15) is 0 Å². The van der Waals surface area contributed by atoms with E-state index in [0.29, 0.717) is 6.54 Å². The van der Waals surface area contributed by atoms with Gasteiger partial charge in [-0.25, -0.2) is 0 Å². The zero-order valence-electron chi connectivity index (χ0n) is 11.3. The summed E-state index contributed by atoms with van der Waals surface area (Å²) in [6.45, 7) is 2.88. The molecule has 1 aromatic carbocycles. The molecule has 0 aliphatic heterocycles. The summed E-state index contributed by atoms with van der Waals surface area (Å²) in [7, 11) is 0. The van der Waals surface area contributed by atoms with Crippen LogP contribution in [0.15, 0.2) is 46.3 Å². The lowest BCUT2D eigenvalue weighted by molar-refractivity contribution is 0.104. The third-order valence-electron chi connectivity index (χ3n) is 2.87. The van der Waals surface area contributed by atoms with Crippen molar-refractivity contribution in [2.75, 3.05) is 13.2 Å². The Kier molecular flexibility index (Phi) is 6.04. The number of aliphatic hydroxyl groups is 1. The molecule has 5 heteroatoms. The van der Waals surface area contributed by atoms with Crippen molar-refractivity contribution in [3.63, 3.8) is 0 Å². The van der Waals surface area contributed by atoms with E-state index in [9.17, 15) is 5.11 Å². The van der Waals surface area contributed by atoms with E-state index in [1.54, 1.807) is 11.3 Å². The van der Waals surface area contributed by atoms with E-state index in [1.165, 1.54) is 4.88 Å². The highest BCUT2D eigenvalue weighted by Gasteiger charge is 2.10. The molecule has 20 heavy (non-hydrogen) atoms. The Morgan fingerprint density at radius 1 is 1.35 bits per heavy atom. The fourth-order valence-corrected chi connectivity index (χ4v) is 2.90. The normalized spacial score (nSPS) is 13.9. The second-order valence-electron chi connectivity index (χ2n) is 4.57. The molecule has 0 saturated carbocycles. The van der Waals surface area contributed by atoms with Gasteiger partial charge in [-0.05, 0) is 36.6 Å². The van der Waals surface area contributed by atoms with Crippen molar-refractivity contribution in [1.82, 2.24) is 5.32 Å². The second-order valence-corrected chi connectivity index (χ2v) is 6.46. The number of thiophene rings is 1. The highest BCUT2D eigenvalue weighted by atomic mass is 79.9. The van der Waals surface area contributed by atoms with Crippen molar-refractivity contribution in [1.29, 1.82) is 0 Å². The molecule has 2 unspecified atom stereocenters. The smallest absolute Gasteiger partial charge is 0.120 e. The average molecular weight is 356 g/mol. The van der Waals surface area contributed by atoms with Gasteiger partial charge in [0.2, 0.25) is 0 Å². The van der Waals surface area contributed by atoms with Gasteiger partial charge in [0.25, 0.3) is 0 Å². The van der Waals surface area contributed by atoms with E-state index in [4.69, 9.17) is 4.74 Å². The van der Waals surface area contributed by atoms with Gasteiger partial charge in [0.1, 0.15) is 18.5 Å². The summed E-state index contributed by atoms with van der Waals surface area (Å²) in [6.07, 6.45) is -0.531. The molecule has 0 saturated heterocycles. The average Bonchev–Trinajstić information content (AvgIpc) is 2.97. The van der Waals surface area contributed by atoms with Crippen molar-refractivity contribution < 1.29 is 9.84 Å². The van der Waals surface area contributed by atoms with Gasteiger partial charge >= 0.3 is 0 Å². The molecule has 108 valence electrons. The maximum absolute atomic E-state index is 9.93. The summed E-state index contributed by atoms with van der Waals surface area (Å²) in [5.41, 5.74) is 0. The lowest BCUT2D eigenvalue weighted by atomic mass is 10.2. The third kappa shape index (κ3) is 4.90. The fraction of sp³-hybridized carbons (Fsp3) is 0.333. The number of aliphatic hydroxyl groups excluding tert-OH is 1. The van der Waals surface area contributed by atoms with E-state index in [0.717, 1.165) is 10.2 Å². The van der Waals surface area contributed by atoms with Crippen LogP contribution in [0.5, 0.6) is 5.75 Å². The number of rotatable bonds is 7. The van der Waals surface area contributed by atoms with Gasteiger partial charge in [0.05, 0.1) is 0 Å². The first-order chi connectivity index (χ1) is 9.65. The number of hydrogen-bond donors (Lipinski definition) is 2. The zero-order valence-corrected chi connectivity index (χ0v) is 13.7. The molecule has 2 rings (SSSR count). The van der Waals surface area contributed by atoms with Crippen LogP contribution in [-0.2, 0) is 0 Å². The lowest BCUT2D eigenvalue weighted by Crippen LogP contribution is -2.32. The Balaban J connectivity index is 1.71. The molecule has 2 atom stereocenters. The monoisotopic (exact) mass is 355 g/mol. The van der Waals surface area contributed by atoms with Crippen LogP contribution in [0.1, 0.15) is 17.8 Å². The number of ether oxygens (including phenoxy) is 1. The number of benzene rings is 1. The van der Waals surface area contributed by atoms with Crippen LogP contribution in [0.2, 0.25) is 0 Å². The molecule has 2 N–H and O–H groups in total. The van der Waals surface area contributed by atoms with Crippen LogP contribution in [0.4, 0.5) is 0 Å². The molecule has 0 aliphatic rings. The van der Waals surface area contributed by atoms with Gasteiger partial charge < -0.3 is 15.2 Å². The molecule has 2 aromatic rings. The maximum atomic E-state index is 9.93. The molecule has 3 nitrogen and oxygen atoms in total. The molecule has 0 fully saturated rings. The van der Waals surface area contributed by atoms with E-state index in [1.807, 2.05) is 30.3 Å². The molecule has 0 amide bonds. The molecule has 0 bridgehead atoms. The first kappa shape index (κ1) is 15.5. The molecular formula is C15H18BrNO2S. The topological polar surface area (TPSA) is 41.5 Å². The Labute approximate surface area is 131 Å². The maximum Gasteiger partial charge on any atom is 0.120 e. The predicted octanol–water partition coefficient (Wildman–Crippen LogP) is 3.60. The van der Waals surface area contributed by atoms with Crippen LogP contribution in [-0.4, -0.2) is 24.4 Å². The quantitative estimate of drug-likeness (QED) is 0.797. The van der Waals surface area contributed by atoms with E-state index < -0.39 is 6.10 Å². The number of hydrogen-bond acceptors (Lipinski definition) is 4.